The first kappa shape index (κ1) is 15.9. The lowest BCUT2D eigenvalue weighted by molar-refractivity contribution is 0.278. The van der Waals surface area contributed by atoms with Gasteiger partial charge in [0.2, 0.25) is 0 Å². The monoisotopic (exact) mass is 241 g/mol. The molecule has 0 bridgehead atoms. The van der Waals surface area contributed by atoms with Crippen LogP contribution in [-0.4, -0.2) is 32.6 Å². The van der Waals surface area contributed by atoms with Crippen molar-refractivity contribution in [1.29, 1.82) is 0 Å². The Balaban J connectivity index is 3.86. The third-order valence-electron chi connectivity index (χ3n) is 2.64. The molecule has 0 unspecified atom stereocenters. The highest BCUT2D eigenvalue weighted by Crippen LogP contribution is 2.17. The van der Waals surface area contributed by atoms with E-state index in [4.69, 9.17) is 0 Å². The van der Waals surface area contributed by atoms with Gasteiger partial charge in [-0.2, -0.15) is 0 Å². The number of hydrogen-bond acceptors (Lipinski definition) is 1. The molecule has 0 rings (SSSR count). The second-order valence-corrected chi connectivity index (χ2v) is 11.6. The van der Waals surface area contributed by atoms with Gasteiger partial charge in [0.15, 0.2) is 0 Å². The van der Waals surface area contributed by atoms with Gasteiger partial charge in [0.05, 0.1) is 0 Å². The summed E-state index contributed by atoms with van der Waals surface area (Å²) in [5.74, 6) is 0. The summed E-state index contributed by atoms with van der Waals surface area (Å²) in [5.41, 5.74) is 1.47. The molecular weight excluding hydrogens is 210 g/mol. The van der Waals surface area contributed by atoms with Crippen LogP contribution in [0.4, 0.5) is 0 Å². The zero-order chi connectivity index (χ0) is 12.6. The van der Waals surface area contributed by atoms with Crippen LogP contribution in [0.15, 0.2) is 12.2 Å². The molecule has 2 heteroatoms. The maximum Gasteiger partial charge on any atom is 0.0483 e. The third-order valence-corrected chi connectivity index (χ3v) is 4.20. The van der Waals surface area contributed by atoms with Crippen LogP contribution in [-0.2, 0) is 0 Å². The standard InChI is InChI=1S/C14H31NSi/c1-7-10-15(11-8-2)12-9-14(3)13-16(4,5)6/h3,7-13H2,1-2,4-6H3. The molecule has 0 aromatic carbocycles. The van der Waals surface area contributed by atoms with E-state index in [9.17, 15) is 0 Å². The van der Waals surface area contributed by atoms with Gasteiger partial charge in [-0.15, -0.1) is 6.58 Å². The maximum atomic E-state index is 4.24. The van der Waals surface area contributed by atoms with E-state index in [1.54, 1.807) is 0 Å². The molecule has 0 amide bonds. The zero-order valence-electron chi connectivity index (χ0n) is 12.1. The van der Waals surface area contributed by atoms with Gasteiger partial charge < -0.3 is 4.90 Å². The van der Waals surface area contributed by atoms with Crippen LogP contribution < -0.4 is 0 Å². The Kier molecular flexibility index (Phi) is 8.03. The first-order valence-corrected chi connectivity index (χ1v) is 10.5. The quantitative estimate of drug-likeness (QED) is 0.427. The van der Waals surface area contributed by atoms with Crippen molar-refractivity contribution in [3.05, 3.63) is 12.2 Å². The third kappa shape index (κ3) is 9.17. The van der Waals surface area contributed by atoms with Gasteiger partial charge >= 0.3 is 0 Å². The van der Waals surface area contributed by atoms with Gasteiger partial charge in [-0.3, -0.25) is 0 Å². The van der Waals surface area contributed by atoms with Gasteiger partial charge in [0.25, 0.3) is 0 Å². The lowest BCUT2D eigenvalue weighted by Crippen LogP contribution is -2.27. The van der Waals surface area contributed by atoms with Crippen LogP contribution >= 0.6 is 0 Å². The number of rotatable bonds is 9. The second-order valence-electron chi connectivity index (χ2n) is 6.08. The van der Waals surface area contributed by atoms with Crippen molar-refractivity contribution in [2.45, 2.75) is 58.8 Å². The summed E-state index contributed by atoms with van der Waals surface area (Å²) in [5, 5.41) is 0. The largest absolute Gasteiger partial charge is 0.303 e. The Bertz CT molecular complexity index is 187. The average Bonchev–Trinajstić information content (AvgIpc) is 2.12. The molecule has 0 aliphatic heterocycles. The lowest BCUT2D eigenvalue weighted by Gasteiger charge is -2.23. The normalized spacial score (nSPS) is 12.1. The Morgan fingerprint density at radius 1 is 1.00 bits per heavy atom. The number of hydrogen-bond donors (Lipinski definition) is 0. The summed E-state index contributed by atoms with van der Waals surface area (Å²) in [6, 6.07) is 1.29. The molecule has 96 valence electrons. The summed E-state index contributed by atoms with van der Waals surface area (Å²) in [4.78, 5) is 2.58. The summed E-state index contributed by atoms with van der Waals surface area (Å²) in [6.07, 6.45) is 3.73. The van der Waals surface area contributed by atoms with Crippen LogP contribution in [0.3, 0.4) is 0 Å². The van der Waals surface area contributed by atoms with E-state index in [0.29, 0.717) is 0 Å². The van der Waals surface area contributed by atoms with Crippen LogP contribution in [0.25, 0.3) is 0 Å². The van der Waals surface area contributed by atoms with E-state index in [-0.39, 0.29) is 0 Å². The summed E-state index contributed by atoms with van der Waals surface area (Å²) < 4.78 is 0. The van der Waals surface area contributed by atoms with Crippen molar-refractivity contribution in [3.8, 4) is 0 Å². The molecule has 1 nitrogen and oxygen atoms in total. The molecule has 0 aromatic heterocycles. The predicted molar refractivity (Wildman–Crippen MR) is 78.9 cm³/mol. The van der Waals surface area contributed by atoms with Gasteiger partial charge in [-0.05, 0) is 38.4 Å². The minimum Gasteiger partial charge on any atom is -0.303 e. The van der Waals surface area contributed by atoms with Crippen LogP contribution in [0.2, 0.25) is 25.7 Å². The molecule has 0 N–H and O–H groups in total. The molecule has 0 aliphatic carbocycles. The van der Waals surface area contributed by atoms with Crippen LogP contribution in [0.1, 0.15) is 33.1 Å². The topological polar surface area (TPSA) is 3.24 Å². The van der Waals surface area contributed by atoms with E-state index in [1.165, 1.54) is 50.5 Å². The van der Waals surface area contributed by atoms with E-state index in [2.05, 4.69) is 45.0 Å². The maximum absolute atomic E-state index is 4.24. The first-order valence-electron chi connectivity index (χ1n) is 6.78. The SMILES string of the molecule is C=C(CCN(CCC)CCC)C[Si](C)(C)C. The zero-order valence-corrected chi connectivity index (χ0v) is 13.1. The van der Waals surface area contributed by atoms with Crippen molar-refractivity contribution in [1.82, 2.24) is 4.90 Å². The first-order chi connectivity index (χ1) is 7.39. The molecule has 0 aromatic rings. The lowest BCUT2D eigenvalue weighted by atomic mass is 10.2. The van der Waals surface area contributed by atoms with Crippen molar-refractivity contribution >= 4 is 8.07 Å². The average molecular weight is 241 g/mol. The Morgan fingerprint density at radius 3 is 1.88 bits per heavy atom. The van der Waals surface area contributed by atoms with Crippen LogP contribution in [0, 0.1) is 0 Å². The van der Waals surface area contributed by atoms with E-state index in [1.807, 2.05) is 0 Å². The summed E-state index contributed by atoms with van der Waals surface area (Å²) in [6.45, 7) is 19.7. The fourth-order valence-corrected chi connectivity index (χ4v) is 3.80. The second kappa shape index (κ2) is 8.07. The summed E-state index contributed by atoms with van der Waals surface area (Å²) in [7, 11) is -0.947. The molecule has 0 saturated carbocycles. The fourth-order valence-electron chi connectivity index (χ4n) is 2.12. The van der Waals surface area contributed by atoms with Crippen LogP contribution in [0.5, 0.6) is 0 Å². The van der Waals surface area contributed by atoms with Crippen molar-refractivity contribution in [2.75, 3.05) is 19.6 Å². The molecule has 16 heavy (non-hydrogen) atoms. The summed E-state index contributed by atoms with van der Waals surface area (Å²) >= 11 is 0. The number of nitrogens with zero attached hydrogens (tertiary/aromatic N) is 1. The smallest absolute Gasteiger partial charge is 0.0483 e. The van der Waals surface area contributed by atoms with E-state index in [0.717, 1.165) is 0 Å². The minimum atomic E-state index is -0.947. The van der Waals surface area contributed by atoms with Crippen molar-refractivity contribution < 1.29 is 0 Å². The van der Waals surface area contributed by atoms with Crippen molar-refractivity contribution in [3.63, 3.8) is 0 Å². The molecule has 0 atom stereocenters. The van der Waals surface area contributed by atoms with Crippen molar-refractivity contribution in [2.24, 2.45) is 0 Å². The molecule has 0 aliphatic rings. The Hall–Kier alpha value is -0.0831. The minimum absolute atomic E-state index is 0.947. The molecule has 0 saturated heterocycles. The highest BCUT2D eigenvalue weighted by atomic mass is 28.3. The molecule has 0 radical (unpaired) electrons. The van der Waals surface area contributed by atoms with E-state index < -0.39 is 8.07 Å². The molecule has 0 heterocycles. The highest BCUT2D eigenvalue weighted by molar-refractivity contribution is 6.76. The predicted octanol–water partition coefficient (Wildman–Crippen LogP) is 4.39. The van der Waals surface area contributed by atoms with Gasteiger partial charge in [0.1, 0.15) is 0 Å². The molecule has 0 fully saturated rings. The van der Waals surface area contributed by atoms with Gasteiger partial charge in [-0.1, -0.05) is 39.1 Å². The fraction of sp³-hybridized carbons (Fsp3) is 0.857. The van der Waals surface area contributed by atoms with Gasteiger partial charge in [0, 0.05) is 14.6 Å². The van der Waals surface area contributed by atoms with Gasteiger partial charge in [-0.25, -0.2) is 0 Å². The molecule has 0 spiro atoms. The van der Waals surface area contributed by atoms with E-state index >= 15 is 0 Å². The molecular formula is C14H31NSi. The Morgan fingerprint density at radius 2 is 1.50 bits per heavy atom. The Labute approximate surface area is 104 Å². The highest BCUT2D eigenvalue weighted by Gasteiger charge is 2.14.